The summed E-state index contributed by atoms with van der Waals surface area (Å²) < 4.78 is 12.9. The van der Waals surface area contributed by atoms with Crippen LogP contribution in [0.25, 0.3) is 0 Å². The van der Waals surface area contributed by atoms with Gasteiger partial charge in [-0.1, -0.05) is 18.2 Å². The number of nitrogens with zero attached hydrogens (tertiary/aromatic N) is 1. The fraction of sp³-hybridized carbons (Fsp3) is 0.263. The number of anilines is 2. The van der Waals surface area contributed by atoms with Gasteiger partial charge >= 0.3 is 0 Å². The summed E-state index contributed by atoms with van der Waals surface area (Å²) in [6, 6.07) is 15.0. The molecule has 2 atom stereocenters. The normalized spacial score (nSPS) is 18.8. The van der Waals surface area contributed by atoms with E-state index in [0.29, 0.717) is 18.7 Å². The molecule has 1 fully saturated rings. The molecule has 1 saturated carbocycles. The Kier molecular flexibility index (Phi) is 4.60. The van der Waals surface area contributed by atoms with Crippen LogP contribution in [-0.2, 0) is 9.59 Å². The number of hydrogen-bond acceptors (Lipinski definition) is 2. The number of benzene rings is 2. The molecule has 0 bridgehead atoms. The summed E-state index contributed by atoms with van der Waals surface area (Å²) in [5.41, 5.74) is 1.38. The fourth-order valence-corrected chi connectivity index (χ4v) is 2.80. The molecule has 0 heterocycles. The van der Waals surface area contributed by atoms with Crippen LogP contribution in [0, 0.1) is 17.7 Å². The van der Waals surface area contributed by atoms with E-state index >= 15 is 0 Å². The molecule has 1 aliphatic carbocycles. The van der Waals surface area contributed by atoms with Crippen LogP contribution in [0.1, 0.15) is 13.3 Å². The van der Waals surface area contributed by atoms with Gasteiger partial charge in [0.1, 0.15) is 5.82 Å². The maximum absolute atomic E-state index is 12.9. The third-order valence-corrected chi connectivity index (χ3v) is 4.21. The molecular formula is C19H19FN2O2. The lowest BCUT2D eigenvalue weighted by Gasteiger charge is -2.21. The van der Waals surface area contributed by atoms with Gasteiger partial charge in [-0.25, -0.2) is 4.39 Å². The highest BCUT2D eigenvalue weighted by molar-refractivity contribution is 6.04. The van der Waals surface area contributed by atoms with Crippen molar-refractivity contribution >= 4 is 23.2 Å². The molecular weight excluding hydrogens is 307 g/mol. The van der Waals surface area contributed by atoms with E-state index in [4.69, 9.17) is 0 Å². The van der Waals surface area contributed by atoms with Crippen molar-refractivity contribution in [2.24, 2.45) is 11.8 Å². The molecule has 1 N–H and O–H groups in total. The van der Waals surface area contributed by atoms with Crippen molar-refractivity contribution in [1.29, 1.82) is 0 Å². The Balaban J connectivity index is 1.62. The Morgan fingerprint density at radius 1 is 1.08 bits per heavy atom. The first-order valence-electron chi connectivity index (χ1n) is 8.03. The second-order valence-corrected chi connectivity index (χ2v) is 5.86. The summed E-state index contributed by atoms with van der Waals surface area (Å²) in [7, 11) is 0. The van der Waals surface area contributed by atoms with E-state index in [-0.39, 0.29) is 29.5 Å². The molecule has 0 aromatic heterocycles. The lowest BCUT2D eigenvalue weighted by molar-refractivity contribution is -0.123. The molecule has 3 rings (SSSR count). The quantitative estimate of drug-likeness (QED) is 0.915. The van der Waals surface area contributed by atoms with E-state index in [9.17, 15) is 14.0 Å². The van der Waals surface area contributed by atoms with E-state index in [0.717, 1.165) is 5.69 Å². The maximum atomic E-state index is 12.9. The van der Waals surface area contributed by atoms with Crippen LogP contribution in [0.15, 0.2) is 54.6 Å². The minimum Gasteiger partial charge on any atom is -0.326 e. The summed E-state index contributed by atoms with van der Waals surface area (Å²) >= 11 is 0. The number of rotatable bonds is 5. The van der Waals surface area contributed by atoms with Gasteiger partial charge < -0.3 is 10.2 Å². The van der Waals surface area contributed by atoms with Gasteiger partial charge in [0.2, 0.25) is 11.8 Å². The van der Waals surface area contributed by atoms with Gasteiger partial charge in [-0.15, -0.1) is 0 Å². The van der Waals surface area contributed by atoms with E-state index in [2.05, 4.69) is 5.32 Å². The lowest BCUT2D eigenvalue weighted by Crippen LogP contribution is -2.33. The second-order valence-electron chi connectivity index (χ2n) is 5.86. The zero-order valence-corrected chi connectivity index (χ0v) is 13.4. The van der Waals surface area contributed by atoms with E-state index in [1.807, 2.05) is 37.3 Å². The molecule has 2 aromatic rings. The average Bonchev–Trinajstić information content (AvgIpc) is 3.39. The van der Waals surface area contributed by atoms with Crippen molar-refractivity contribution in [3.05, 3.63) is 60.4 Å². The highest BCUT2D eigenvalue weighted by Gasteiger charge is 2.49. The standard InChI is InChI=1S/C19H19FN2O2/c1-2-22(15-6-4-3-5-7-15)19(24)17-12-16(17)18(23)21-14-10-8-13(20)9-11-14/h3-11,16-17H,2,12H2,1H3,(H,21,23). The molecule has 2 unspecified atom stereocenters. The first kappa shape index (κ1) is 16.2. The largest absolute Gasteiger partial charge is 0.326 e. The van der Waals surface area contributed by atoms with Gasteiger partial charge in [-0.2, -0.15) is 0 Å². The van der Waals surface area contributed by atoms with Crippen LogP contribution in [0.2, 0.25) is 0 Å². The number of hydrogen-bond donors (Lipinski definition) is 1. The smallest absolute Gasteiger partial charge is 0.230 e. The van der Waals surface area contributed by atoms with E-state index in [1.165, 1.54) is 24.3 Å². The topological polar surface area (TPSA) is 49.4 Å². The molecule has 0 radical (unpaired) electrons. The molecule has 24 heavy (non-hydrogen) atoms. The average molecular weight is 326 g/mol. The predicted molar refractivity (Wildman–Crippen MR) is 91.1 cm³/mol. The summed E-state index contributed by atoms with van der Waals surface area (Å²) in [6.45, 7) is 2.48. The maximum Gasteiger partial charge on any atom is 0.230 e. The third kappa shape index (κ3) is 3.45. The zero-order valence-electron chi connectivity index (χ0n) is 13.4. The minimum absolute atomic E-state index is 0.0250. The van der Waals surface area contributed by atoms with Crippen LogP contribution < -0.4 is 10.2 Å². The van der Waals surface area contributed by atoms with Crippen molar-refractivity contribution in [3.63, 3.8) is 0 Å². The van der Waals surface area contributed by atoms with Crippen molar-refractivity contribution in [1.82, 2.24) is 0 Å². The number of nitrogens with one attached hydrogen (secondary N) is 1. The van der Waals surface area contributed by atoms with Crippen LogP contribution in [0.4, 0.5) is 15.8 Å². The lowest BCUT2D eigenvalue weighted by atomic mass is 10.2. The molecule has 0 spiro atoms. The molecule has 124 valence electrons. The van der Waals surface area contributed by atoms with Gasteiger partial charge in [0, 0.05) is 17.9 Å². The van der Waals surface area contributed by atoms with E-state index in [1.54, 1.807) is 4.90 Å². The summed E-state index contributed by atoms with van der Waals surface area (Å²) in [5.74, 6) is -1.17. The minimum atomic E-state index is -0.353. The number of carbonyl (C=O) groups is 2. The Morgan fingerprint density at radius 3 is 2.38 bits per heavy atom. The first-order valence-corrected chi connectivity index (χ1v) is 8.03. The van der Waals surface area contributed by atoms with E-state index < -0.39 is 0 Å². The van der Waals surface area contributed by atoms with Crippen molar-refractivity contribution in [3.8, 4) is 0 Å². The number of amides is 2. The summed E-state index contributed by atoms with van der Waals surface area (Å²) in [5, 5.41) is 2.74. The van der Waals surface area contributed by atoms with Gasteiger partial charge in [0.25, 0.3) is 0 Å². The third-order valence-electron chi connectivity index (χ3n) is 4.21. The number of halogens is 1. The Morgan fingerprint density at radius 2 is 1.75 bits per heavy atom. The van der Waals surface area contributed by atoms with Crippen molar-refractivity contribution < 1.29 is 14.0 Å². The van der Waals surface area contributed by atoms with Gasteiger partial charge in [0.15, 0.2) is 0 Å². The molecule has 0 aliphatic heterocycles. The Hall–Kier alpha value is -2.69. The van der Waals surface area contributed by atoms with Gasteiger partial charge in [-0.3, -0.25) is 9.59 Å². The first-order chi connectivity index (χ1) is 11.6. The predicted octanol–water partition coefficient (Wildman–Crippen LogP) is 3.45. The second kappa shape index (κ2) is 6.83. The molecule has 0 saturated heterocycles. The molecule has 1 aliphatic rings. The molecule has 2 amide bonds. The van der Waals surface area contributed by atoms with Crippen molar-refractivity contribution in [2.45, 2.75) is 13.3 Å². The van der Waals surface area contributed by atoms with Gasteiger partial charge in [-0.05, 0) is 49.7 Å². The van der Waals surface area contributed by atoms with Crippen LogP contribution in [0.5, 0.6) is 0 Å². The van der Waals surface area contributed by atoms with Gasteiger partial charge in [0.05, 0.1) is 11.8 Å². The van der Waals surface area contributed by atoms with Crippen LogP contribution in [0.3, 0.4) is 0 Å². The SMILES string of the molecule is CCN(C(=O)C1CC1C(=O)Nc1ccc(F)cc1)c1ccccc1. The van der Waals surface area contributed by atoms with Crippen LogP contribution >= 0.6 is 0 Å². The monoisotopic (exact) mass is 326 g/mol. The van der Waals surface area contributed by atoms with Crippen LogP contribution in [-0.4, -0.2) is 18.4 Å². The summed E-state index contributed by atoms with van der Waals surface area (Å²) in [6.07, 6.45) is 0.551. The zero-order chi connectivity index (χ0) is 17.1. The highest BCUT2D eigenvalue weighted by atomic mass is 19.1. The molecule has 5 heteroatoms. The Labute approximate surface area is 140 Å². The number of carbonyl (C=O) groups excluding carboxylic acids is 2. The molecule has 4 nitrogen and oxygen atoms in total. The highest BCUT2D eigenvalue weighted by Crippen LogP contribution is 2.41. The fourth-order valence-electron chi connectivity index (χ4n) is 2.80. The number of para-hydroxylation sites is 1. The summed E-state index contributed by atoms with van der Waals surface area (Å²) in [4.78, 5) is 26.6. The van der Waals surface area contributed by atoms with Crippen molar-refractivity contribution in [2.75, 3.05) is 16.8 Å². The molecule has 2 aromatic carbocycles. The Bertz CT molecular complexity index is 731.